The van der Waals surface area contributed by atoms with Crippen LogP contribution in [0.2, 0.25) is 0 Å². The minimum atomic E-state index is -0.849. The molecule has 1 heterocycles. The van der Waals surface area contributed by atoms with E-state index in [9.17, 15) is 9.90 Å². The van der Waals surface area contributed by atoms with E-state index in [1.54, 1.807) is 19.9 Å². The minimum absolute atomic E-state index is 0.206. The third kappa shape index (κ3) is 2.56. The van der Waals surface area contributed by atoms with Crippen molar-refractivity contribution in [1.82, 2.24) is 0 Å². The van der Waals surface area contributed by atoms with E-state index >= 15 is 0 Å². The van der Waals surface area contributed by atoms with Gasteiger partial charge in [-0.3, -0.25) is 4.79 Å². The van der Waals surface area contributed by atoms with E-state index < -0.39 is 5.60 Å². The number of carbonyl (C=O) groups is 1. The molecule has 0 aromatic heterocycles. The molecule has 0 amide bonds. The maximum atomic E-state index is 10.3. The molecule has 1 aromatic rings. The topological polar surface area (TPSA) is 46.5 Å². The van der Waals surface area contributed by atoms with Gasteiger partial charge in [0.1, 0.15) is 18.1 Å². The zero-order valence-electron chi connectivity index (χ0n) is 10.0. The summed E-state index contributed by atoms with van der Waals surface area (Å²) in [6.07, 6.45) is 4.46. The number of allylic oxidation sites excluding steroid dienone is 1. The van der Waals surface area contributed by atoms with Crippen LogP contribution in [-0.4, -0.2) is 23.1 Å². The Kier molecular flexibility index (Phi) is 3.03. The van der Waals surface area contributed by atoms with Crippen molar-refractivity contribution in [2.45, 2.75) is 32.0 Å². The molecule has 0 spiro atoms. The van der Waals surface area contributed by atoms with E-state index in [0.717, 1.165) is 23.2 Å². The van der Waals surface area contributed by atoms with Crippen molar-refractivity contribution in [2.75, 3.05) is 0 Å². The lowest BCUT2D eigenvalue weighted by molar-refractivity contribution is -0.104. The van der Waals surface area contributed by atoms with Crippen LogP contribution >= 0.6 is 0 Å². The Hall–Kier alpha value is -1.61. The largest absolute Gasteiger partial charge is 0.487 e. The number of aliphatic hydroxyl groups is 1. The van der Waals surface area contributed by atoms with Gasteiger partial charge in [-0.15, -0.1) is 0 Å². The van der Waals surface area contributed by atoms with Gasteiger partial charge in [0.05, 0.1) is 5.60 Å². The number of rotatable bonds is 3. The van der Waals surface area contributed by atoms with Gasteiger partial charge in [0.2, 0.25) is 0 Å². The van der Waals surface area contributed by atoms with Crippen LogP contribution in [0.3, 0.4) is 0 Å². The quantitative estimate of drug-likeness (QED) is 0.640. The van der Waals surface area contributed by atoms with Crippen molar-refractivity contribution >= 4 is 12.4 Å². The Balaban J connectivity index is 2.22. The molecule has 0 aliphatic carbocycles. The van der Waals surface area contributed by atoms with Gasteiger partial charge in [-0.25, -0.2) is 0 Å². The summed E-state index contributed by atoms with van der Waals surface area (Å²) in [5.41, 5.74) is 1.19. The monoisotopic (exact) mass is 232 g/mol. The van der Waals surface area contributed by atoms with E-state index in [1.807, 2.05) is 18.2 Å². The second-order valence-electron chi connectivity index (χ2n) is 4.83. The number of hydrogen-bond acceptors (Lipinski definition) is 3. The van der Waals surface area contributed by atoms with Crippen molar-refractivity contribution in [3.8, 4) is 5.75 Å². The first-order valence-corrected chi connectivity index (χ1v) is 5.64. The Morgan fingerprint density at radius 2 is 2.24 bits per heavy atom. The summed E-state index contributed by atoms with van der Waals surface area (Å²) < 4.78 is 5.69. The Bertz CT molecular complexity index is 455. The number of carbonyl (C=O) groups excluding carboxylic acids is 1. The first kappa shape index (κ1) is 11.9. The molecule has 0 fully saturated rings. The zero-order chi connectivity index (χ0) is 12.5. The summed E-state index contributed by atoms with van der Waals surface area (Å²) in [4.78, 5) is 10.3. The van der Waals surface area contributed by atoms with E-state index in [0.29, 0.717) is 6.42 Å². The van der Waals surface area contributed by atoms with Crippen molar-refractivity contribution in [1.29, 1.82) is 0 Å². The molecule has 3 heteroatoms. The maximum Gasteiger partial charge on any atom is 0.142 e. The highest BCUT2D eigenvalue weighted by Gasteiger charge is 2.34. The van der Waals surface area contributed by atoms with Crippen LogP contribution in [0.5, 0.6) is 5.75 Å². The molecule has 1 aliphatic heterocycles. The fraction of sp³-hybridized carbons (Fsp3) is 0.357. The Morgan fingerprint density at radius 3 is 2.88 bits per heavy atom. The van der Waals surface area contributed by atoms with Crippen molar-refractivity contribution in [3.05, 3.63) is 35.4 Å². The Labute approximate surface area is 101 Å². The molecule has 90 valence electrons. The van der Waals surface area contributed by atoms with Gasteiger partial charge in [-0.05, 0) is 43.2 Å². The summed E-state index contributed by atoms with van der Waals surface area (Å²) in [6.45, 7) is 3.49. The fourth-order valence-electron chi connectivity index (χ4n) is 1.92. The number of ether oxygens (including phenoxy) is 1. The minimum Gasteiger partial charge on any atom is -0.487 e. The van der Waals surface area contributed by atoms with Gasteiger partial charge in [0, 0.05) is 6.42 Å². The molecule has 1 unspecified atom stereocenters. The second kappa shape index (κ2) is 4.34. The van der Waals surface area contributed by atoms with Crippen LogP contribution in [0.25, 0.3) is 6.08 Å². The Morgan fingerprint density at radius 1 is 1.47 bits per heavy atom. The molecule has 1 N–H and O–H groups in total. The number of hydrogen-bond donors (Lipinski definition) is 1. The van der Waals surface area contributed by atoms with Crippen molar-refractivity contribution in [2.24, 2.45) is 0 Å². The van der Waals surface area contributed by atoms with Gasteiger partial charge >= 0.3 is 0 Å². The van der Waals surface area contributed by atoms with Crippen LogP contribution in [0.4, 0.5) is 0 Å². The average Bonchev–Trinajstić information content (AvgIpc) is 2.68. The third-order valence-corrected chi connectivity index (χ3v) is 2.91. The van der Waals surface area contributed by atoms with Crippen LogP contribution in [0, 0.1) is 0 Å². The van der Waals surface area contributed by atoms with Crippen LogP contribution < -0.4 is 4.74 Å². The van der Waals surface area contributed by atoms with Crippen LogP contribution in [-0.2, 0) is 11.2 Å². The lowest BCUT2D eigenvalue weighted by Gasteiger charge is -2.24. The highest BCUT2D eigenvalue weighted by Crippen LogP contribution is 2.33. The number of fused-ring (bicyclic) bond motifs is 1. The van der Waals surface area contributed by atoms with Crippen molar-refractivity contribution < 1.29 is 14.6 Å². The molecule has 0 bridgehead atoms. The van der Waals surface area contributed by atoms with Gasteiger partial charge in [-0.1, -0.05) is 12.1 Å². The van der Waals surface area contributed by atoms with Crippen molar-refractivity contribution in [3.63, 3.8) is 0 Å². The van der Waals surface area contributed by atoms with Crippen LogP contribution in [0.1, 0.15) is 25.0 Å². The predicted molar refractivity (Wildman–Crippen MR) is 66.0 cm³/mol. The van der Waals surface area contributed by atoms with Gasteiger partial charge in [0.25, 0.3) is 0 Å². The average molecular weight is 232 g/mol. The summed E-state index contributed by atoms with van der Waals surface area (Å²) in [6, 6.07) is 5.76. The molecule has 0 radical (unpaired) electrons. The molecule has 2 rings (SSSR count). The normalized spacial score (nSPS) is 19.1. The highest BCUT2D eigenvalue weighted by atomic mass is 16.5. The second-order valence-corrected chi connectivity index (χ2v) is 4.83. The van der Waals surface area contributed by atoms with Gasteiger partial charge in [0.15, 0.2) is 0 Å². The molecule has 17 heavy (non-hydrogen) atoms. The molecule has 0 saturated carbocycles. The lowest BCUT2D eigenvalue weighted by Crippen LogP contribution is -2.39. The first-order valence-electron chi connectivity index (χ1n) is 5.64. The lowest BCUT2D eigenvalue weighted by atomic mass is 9.96. The van der Waals surface area contributed by atoms with E-state index in [1.165, 1.54) is 6.08 Å². The SMILES string of the molecule is CC(C)(O)C1Cc2cc(C=CC=O)ccc2O1. The third-order valence-electron chi connectivity index (χ3n) is 2.91. The molecular formula is C14H16O3. The van der Waals surface area contributed by atoms with E-state index in [-0.39, 0.29) is 6.10 Å². The van der Waals surface area contributed by atoms with Gasteiger partial charge in [-0.2, -0.15) is 0 Å². The number of aldehydes is 1. The maximum absolute atomic E-state index is 10.3. The van der Waals surface area contributed by atoms with Crippen LogP contribution in [0.15, 0.2) is 24.3 Å². The summed E-state index contributed by atoms with van der Waals surface area (Å²) in [5.74, 6) is 0.820. The predicted octanol–water partition coefficient (Wildman–Crippen LogP) is 1.97. The summed E-state index contributed by atoms with van der Waals surface area (Å²) in [5, 5.41) is 9.91. The smallest absolute Gasteiger partial charge is 0.142 e. The molecule has 1 aromatic carbocycles. The molecule has 3 nitrogen and oxygen atoms in total. The molecule has 0 saturated heterocycles. The molecular weight excluding hydrogens is 216 g/mol. The summed E-state index contributed by atoms with van der Waals surface area (Å²) >= 11 is 0. The molecule has 1 aliphatic rings. The molecule has 1 atom stereocenters. The number of benzene rings is 1. The first-order chi connectivity index (χ1) is 8.00. The highest BCUT2D eigenvalue weighted by molar-refractivity contribution is 5.74. The van der Waals surface area contributed by atoms with E-state index in [4.69, 9.17) is 4.74 Å². The van der Waals surface area contributed by atoms with E-state index in [2.05, 4.69) is 0 Å². The standard InChI is InChI=1S/C14H16O3/c1-14(2,16)13-9-11-8-10(4-3-7-15)5-6-12(11)17-13/h3-8,13,16H,9H2,1-2H3. The zero-order valence-corrected chi connectivity index (χ0v) is 10.0. The fourth-order valence-corrected chi connectivity index (χ4v) is 1.92. The van der Waals surface area contributed by atoms with Gasteiger partial charge < -0.3 is 9.84 Å². The summed E-state index contributed by atoms with van der Waals surface area (Å²) in [7, 11) is 0.